The normalized spacial score (nSPS) is 16.4. The highest BCUT2D eigenvalue weighted by atomic mass is 16.3. The average molecular weight is 269 g/mol. The summed E-state index contributed by atoms with van der Waals surface area (Å²) in [5.74, 6) is 0.905. The minimum Gasteiger partial charge on any atom is -0.453 e. The molecule has 3 rings (SSSR count). The van der Waals surface area contributed by atoms with Crippen LogP contribution >= 0.6 is 0 Å². The Labute approximate surface area is 116 Å². The molecule has 4 nitrogen and oxygen atoms in total. The summed E-state index contributed by atoms with van der Waals surface area (Å²) in [5, 5.41) is 2.90. The van der Waals surface area contributed by atoms with Crippen molar-refractivity contribution in [3.05, 3.63) is 47.2 Å². The topological polar surface area (TPSA) is 59.3 Å². The van der Waals surface area contributed by atoms with E-state index >= 15 is 0 Å². The van der Waals surface area contributed by atoms with Gasteiger partial charge < -0.3 is 9.73 Å². The summed E-state index contributed by atoms with van der Waals surface area (Å²) >= 11 is 0. The number of aldehydes is 1. The highest BCUT2D eigenvalue weighted by Gasteiger charge is 2.37. The lowest BCUT2D eigenvalue weighted by Crippen LogP contribution is -2.45. The van der Waals surface area contributed by atoms with E-state index in [-0.39, 0.29) is 11.7 Å². The zero-order valence-electron chi connectivity index (χ0n) is 11.4. The first kappa shape index (κ1) is 12.7. The van der Waals surface area contributed by atoms with Crippen LogP contribution in [0.1, 0.15) is 35.5 Å². The Morgan fingerprint density at radius 3 is 2.75 bits per heavy atom. The van der Waals surface area contributed by atoms with Crippen LogP contribution in [0.2, 0.25) is 0 Å². The van der Waals surface area contributed by atoms with Gasteiger partial charge in [0, 0.05) is 12.1 Å². The smallest absolute Gasteiger partial charge is 0.230 e. The van der Waals surface area contributed by atoms with Gasteiger partial charge in [-0.3, -0.25) is 9.59 Å². The summed E-state index contributed by atoms with van der Waals surface area (Å²) in [6.45, 7) is 4.31. The SMILES string of the molecule is CC1(C)C(=O)NCc2cccc(-c3ccc(C=O)o3)c21. The van der Waals surface area contributed by atoms with Crippen LogP contribution < -0.4 is 5.32 Å². The Hall–Kier alpha value is -2.36. The molecule has 0 unspecified atom stereocenters. The maximum atomic E-state index is 12.1. The summed E-state index contributed by atoms with van der Waals surface area (Å²) in [7, 11) is 0. The summed E-state index contributed by atoms with van der Waals surface area (Å²) < 4.78 is 5.51. The molecule has 1 aromatic heterocycles. The fourth-order valence-corrected chi connectivity index (χ4v) is 2.76. The molecule has 1 aromatic carbocycles. The van der Waals surface area contributed by atoms with E-state index < -0.39 is 5.41 Å². The maximum Gasteiger partial charge on any atom is 0.230 e. The monoisotopic (exact) mass is 269 g/mol. The van der Waals surface area contributed by atoms with Crippen LogP contribution in [0.3, 0.4) is 0 Å². The van der Waals surface area contributed by atoms with Gasteiger partial charge in [-0.15, -0.1) is 0 Å². The van der Waals surface area contributed by atoms with E-state index in [1.807, 2.05) is 32.0 Å². The lowest BCUT2D eigenvalue weighted by molar-refractivity contribution is -0.126. The average Bonchev–Trinajstić information content (AvgIpc) is 2.91. The number of rotatable bonds is 2. The zero-order chi connectivity index (χ0) is 14.3. The number of fused-ring (bicyclic) bond motifs is 1. The third-order valence-electron chi connectivity index (χ3n) is 3.79. The Kier molecular flexibility index (Phi) is 2.74. The standard InChI is InChI=1S/C16H15NO3/c1-16(2)14-10(8-17-15(16)19)4-3-5-12(14)13-7-6-11(9-18)20-13/h3-7,9H,8H2,1-2H3,(H,17,19). The molecule has 1 amide bonds. The van der Waals surface area contributed by atoms with E-state index in [1.54, 1.807) is 12.1 Å². The summed E-state index contributed by atoms with van der Waals surface area (Å²) in [5.41, 5.74) is 2.29. The van der Waals surface area contributed by atoms with Crippen molar-refractivity contribution in [3.63, 3.8) is 0 Å². The van der Waals surface area contributed by atoms with Gasteiger partial charge >= 0.3 is 0 Å². The Morgan fingerprint density at radius 1 is 1.25 bits per heavy atom. The first-order chi connectivity index (χ1) is 9.54. The lowest BCUT2D eigenvalue weighted by Gasteiger charge is -2.33. The van der Waals surface area contributed by atoms with Gasteiger partial charge in [0.05, 0.1) is 5.41 Å². The van der Waals surface area contributed by atoms with Crippen molar-refractivity contribution in [2.24, 2.45) is 0 Å². The molecule has 2 heterocycles. The number of amides is 1. The van der Waals surface area contributed by atoms with Gasteiger partial charge in [0.25, 0.3) is 0 Å². The maximum absolute atomic E-state index is 12.1. The minimum atomic E-state index is -0.627. The quantitative estimate of drug-likeness (QED) is 0.853. The van der Waals surface area contributed by atoms with Crippen molar-refractivity contribution in [1.82, 2.24) is 5.32 Å². The molecule has 102 valence electrons. The number of carbonyl (C=O) groups excluding carboxylic acids is 2. The number of benzene rings is 1. The highest BCUT2D eigenvalue weighted by molar-refractivity contribution is 5.92. The van der Waals surface area contributed by atoms with E-state index in [4.69, 9.17) is 4.42 Å². The number of carbonyl (C=O) groups is 2. The van der Waals surface area contributed by atoms with Gasteiger partial charge in [-0.2, -0.15) is 0 Å². The van der Waals surface area contributed by atoms with Crippen LogP contribution in [0.4, 0.5) is 0 Å². The fraction of sp³-hybridized carbons (Fsp3) is 0.250. The van der Waals surface area contributed by atoms with Crippen LogP contribution in [0, 0.1) is 0 Å². The minimum absolute atomic E-state index is 0.000355. The van der Waals surface area contributed by atoms with Gasteiger partial charge in [0.1, 0.15) is 5.76 Å². The predicted octanol–water partition coefficient (Wildman–Crippen LogP) is 2.67. The number of nitrogens with one attached hydrogen (secondary N) is 1. The Morgan fingerprint density at radius 2 is 2.05 bits per heavy atom. The van der Waals surface area contributed by atoms with Crippen molar-refractivity contribution in [2.75, 3.05) is 0 Å². The second-order valence-corrected chi connectivity index (χ2v) is 5.47. The molecule has 0 bridgehead atoms. The molecule has 0 fully saturated rings. The van der Waals surface area contributed by atoms with E-state index in [9.17, 15) is 9.59 Å². The van der Waals surface area contributed by atoms with Crippen LogP contribution in [-0.4, -0.2) is 12.2 Å². The first-order valence-corrected chi connectivity index (χ1v) is 6.50. The Balaban J connectivity index is 2.23. The molecule has 0 saturated carbocycles. The molecule has 1 N–H and O–H groups in total. The zero-order valence-corrected chi connectivity index (χ0v) is 11.4. The molecule has 2 aromatic rings. The Bertz CT molecular complexity index is 697. The van der Waals surface area contributed by atoms with Crippen molar-refractivity contribution in [1.29, 1.82) is 0 Å². The van der Waals surface area contributed by atoms with Gasteiger partial charge in [-0.1, -0.05) is 18.2 Å². The molecule has 4 heteroatoms. The molecule has 0 aliphatic carbocycles. The summed E-state index contributed by atoms with van der Waals surface area (Å²) in [6, 6.07) is 9.26. The third kappa shape index (κ3) is 1.76. The molecule has 20 heavy (non-hydrogen) atoms. The number of hydrogen-bond acceptors (Lipinski definition) is 3. The van der Waals surface area contributed by atoms with E-state index in [1.165, 1.54) is 0 Å². The molecule has 1 aliphatic rings. The second kappa shape index (κ2) is 4.34. The van der Waals surface area contributed by atoms with Crippen molar-refractivity contribution < 1.29 is 14.0 Å². The first-order valence-electron chi connectivity index (χ1n) is 6.50. The number of hydrogen-bond donors (Lipinski definition) is 1. The van der Waals surface area contributed by atoms with E-state index in [0.29, 0.717) is 18.6 Å². The van der Waals surface area contributed by atoms with Crippen molar-refractivity contribution in [3.8, 4) is 11.3 Å². The van der Waals surface area contributed by atoms with Crippen molar-refractivity contribution >= 4 is 12.2 Å². The molecule has 0 atom stereocenters. The van der Waals surface area contributed by atoms with Crippen LogP contribution in [0.15, 0.2) is 34.7 Å². The van der Waals surface area contributed by atoms with Crippen molar-refractivity contribution in [2.45, 2.75) is 25.8 Å². The van der Waals surface area contributed by atoms with Crippen LogP contribution in [0.25, 0.3) is 11.3 Å². The van der Waals surface area contributed by atoms with Gasteiger partial charge in [0.2, 0.25) is 5.91 Å². The second-order valence-electron chi connectivity index (χ2n) is 5.47. The molecule has 0 spiro atoms. The largest absolute Gasteiger partial charge is 0.453 e. The molecular formula is C16H15NO3. The molecule has 0 radical (unpaired) electrons. The van der Waals surface area contributed by atoms with Gasteiger partial charge in [-0.25, -0.2) is 0 Å². The van der Waals surface area contributed by atoms with Gasteiger partial charge in [0.15, 0.2) is 12.0 Å². The molecule has 1 aliphatic heterocycles. The third-order valence-corrected chi connectivity index (χ3v) is 3.79. The summed E-state index contributed by atoms with van der Waals surface area (Å²) in [6.07, 6.45) is 0.677. The van der Waals surface area contributed by atoms with Crippen LogP contribution in [-0.2, 0) is 16.8 Å². The van der Waals surface area contributed by atoms with E-state index in [2.05, 4.69) is 5.32 Å². The molecular weight excluding hydrogens is 254 g/mol. The predicted molar refractivity (Wildman–Crippen MR) is 74.4 cm³/mol. The van der Waals surface area contributed by atoms with Crippen LogP contribution in [0.5, 0.6) is 0 Å². The van der Waals surface area contributed by atoms with E-state index in [0.717, 1.165) is 16.7 Å². The lowest BCUT2D eigenvalue weighted by atomic mass is 9.75. The number of furan rings is 1. The highest BCUT2D eigenvalue weighted by Crippen LogP contribution is 2.38. The van der Waals surface area contributed by atoms with Gasteiger partial charge in [-0.05, 0) is 37.1 Å². The molecule has 0 saturated heterocycles. The summed E-state index contributed by atoms with van der Waals surface area (Å²) in [4.78, 5) is 22.9. The fourth-order valence-electron chi connectivity index (χ4n) is 2.76.